The van der Waals surface area contributed by atoms with Gasteiger partial charge in [0.1, 0.15) is 0 Å². The quantitative estimate of drug-likeness (QED) is 0.839. The smallest absolute Gasteiger partial charge is 0.0732 e. The van der Waals surface area contributed by atoms with Crippen LogP contribution in [0.15, 0.2) is 24.3 Å². The van der Waals surface area contributed by atoms with Crippen molar-refractivity contribution < 1.29 is 4.74 Å². The van der Waals surface area contributed by atoms with E-state index >= 15 is 0 Å². The van der Waals surface area contributed by atoms with Crippen molar-refractivity contribution in [3.05, 3.63) is 35.4 Å². The Morgan fingerprint density at radius 1 is 1.38 bits per heavy atom. The topological polar surface area (TPSA) is 21.3 Å². The highest BCUT2D eigenvalue weighted by Crippen LogP contribution is 2.18. The van der Waals surface area contributed by atoms with Gasteiger partial charge in [0.25, 0.3) is 0 Å². The van der Waals surface area contributed by atoms with Gasteiger partial charge < -0.3 is 10.1 Å². The molecule has 0 saturated carbocycles. The van der Waals surface area contributed by atoms with Crippen LogP contribution in [-0.4, -0.2) is 25.8 Å². The highest BCUT2D eigenvalue weighted by Gasteiger charge is 2.24. The van der Waals surface area contributed by atoms with Crippen LogP contribution >= 0.6 is 0 Å². The molecule has 1 heterocycles. The summed E-state index contributed by atoms with van der Waals surface area (Å²) in [5.74, 6) is 0. The van der Waals surface area contributed by atoms with Crippen molar-refractivity contribution in [3.8, 4) is 0 Å². The summed E-state index contributed by atoms with van der Waals surface area (Å²) in [5, 5.41) is 3.38. The van der Waals surface area contributed by atoms with Gasteiger partial charge in [-0.3, -0.25) is 0 Å². The third kappa shape index (κ3) is 2.83. The molecule has 2 rings (SSSR count). The fraction of sp³-hybridized carbons (Fsp3) is 0.571. The van der Waals surface area contributed by atoms with Crippen LogP contribution < -0.4 is 5.32 Å². The first-order chi connectivity index (χ1) is 7.79. The Labute approximate surface area is 98.0 Å². The molecular weight excluding hydrogens is 198 g/mol. The zero-order chi connectivity index (χ0) is 11.4. The average Bonchev–Trinajstić information content (AvgIpc) is 2.82. The fourth-order valence-electron chi connectivity index (χ4n) is 2.32. The van der Waals surface area contributed by atoms with E-state index in [1.165, 1.54) is 24.0 Å². The molecule has 0 spiro atoms. The number of nitrogens with one attached hydrogen (secondary N) is 1. The number of benzene rings is 1. The summed E-state index contributed by atoms with van der Waals surface area (Å²) >= 11 is 0. The second-order valence-electron chi connectivity index (χ2n) is 4.64. The highest BCUT2D eigenvalue weighted by atomic mass is 16.5. The Balaban J connectivity index is 1.97. The molecule has 0 unspecified atom stereocenters. The molecule has 2 heteroatoms. The molecule has 2 nitrogen and oxygen atoms in total. The summed E-state index contributed by atoms with van der Waals surface area (Å²) in [6.45, 7) is 3.05. The third-order valence-electron chi connectivity index (χ3n) is 3.36. The maximum Gasteiger partial charge on any atom is 0.0732 e. The minimum Gasteiger partial charge on any atom is -0.377 e. The van der Waals surface area contributed by atoms with Gasteiger partial charge in [0.2, 0.25) is 0 Å². The van der Waals surface area contributed by atoms with E-state index in [9.17, 15) is 0 Å². The number of hydrogen-bond acceptors (Lipinski definition) is 2. The predicted molar refractivity (Wildman–Crippen MR) is 66.7 cm³/mol. The molecule has 1 aromatic rings. The maximum atomic E-state index is 5.74. The van der Waals surface area contributed by atoms with Gasteiger partial charge in [-0.05, 0) is 38.8 Å². The Kier molecular flexibility index (Phi) is 3.97. The van der Waals surface area contributed by atoms with Crippen molar-refractivity contribution in [2.24, 2.45) is 0 Å². The van der Waals surface area contributed by atoms with Crippen LogP contribution in [0.5, 0.6) is 0 Å². The summed E-state index contributed by atoms with van der Waals surface area (Å²) in [6, 6.07) is 9.24. The normalized spacial score (nSPS) is 22.2. The fourth-order valence-corrected chi connectivity index (χ4v) is 2.32. The van der Waals surface area contributed by atoms with E-state index in [1.54, 1.807) is 0 Å². The van der Waals surface area contributed by atoms with Crippen molar-refractivity contribution in [3.63, 3.8) is 0 Å². The van der Waals surface area contributed by atoms with Gasteiger partial charge in [-0.15, -0.1) is 0 Å². The first-order valence-electron chi connectivity index (χ1n) is 6.14. The molecule has 0 bridgehead atoms. The lowest BCUT2D eigenvalue weighted by Gasteiger charge is -2.22. The van der Waals surface area contributed by atoms with Crippen molar-refractivity contribution in [2.45, 2.75) is 38.3 Å². The first-order valence-corrected chi connectivity index (χ1v) is 6.14. The lowest BCUT2D eigenvalue weighted by molar-refractivity contribution is 0.0808. The molecule has 1 aromatic carbocycles. The zero-order valence-corrected chi connectivity index (χ0v) is 10.2. The van der Waals surface area contributed by atoms with Gasteiger partial charge in [0, 0.05) is 12.6 Å². The molecule has 1 aliphatic heterocycles. The molecule has 0 amide bonds. The molecule has 0 radical (unpaired) electrons. The van der Waals surface area contributed by atoms with Gasteiger partial charge in [0.05, 0.1) is 6.10 Å². The van der Waals surface area contributed by atoms with Crippen LogP contribution in [0.25, 0.3) is 0 Å². The maximum absolute atomic E-state index is 5.74. The van der Waals surface area contributed by atoms with E-state index in [0.717, 1.165) is 13.0 Å². The SMILES string of the molecule is CN[C@H](Cc1ccc(C)cc1)[C@H]1CCCO1. The van der Waals surface area contributed by atoms with Gasteiger partial charge in [-0.25, -0.2) is 0 Å². The van der Waals surface area contributed by atoms with E-state index in [1.807, 2.05) is 7.05 Å². The molecule has 1 aliphatic rings. The molecule has 1 N–H and O–H groups in total. The van der Waals surface area contributed by atoms with Gasteiger partial charge in [-0.1, -0.05) is 29.8 Å². The Morgan fingerprint density at radius 2 is 2.12 bits per heavy atom. The van der Waals surface area contributed by atoms with E-state index in [-0.39, 0.29) is 0 Å². The second kappa shape index (κ2) is 5.46. The summed E-state index contributed by atoms with van der Waals surface area (Å²) < 4.78 is 5.74. The number of likely N-dealkylation sites (N-methyl/N-ethyl adjacent to an activating group) is 1. The van der Waals surface area contributed by atoms with Crippen LogP contribution in [0.3, 0.4) is 0 Å². The van der Waals surface area contributed by atoms with E-state index in [0.29, 0.717) is 12.1 Å². The minimum atomic E-state index is 0.395. The Morgan fingerprint density at radius 3 is 2.69 bits per heavy atom. The monoisotopic (exact) mass is 219 g/mol. The highest BCUT2D eigenvalue weighted by molar-refractivity contribution is 5.22. The van der Waals surface area contributed by atoms with E-state index in [4.69, 9.17) is 4.74 Å². The van der Waals surface area contributed by atoms with Crippen LogP contribution in [0.4, 0.5) is 0 Å². The molecule has 88 valence electrons. The first kappa shape index (κ1) is 11.6. The summed E-state index contributed by atoms with van der Waals surface area (Å²) in [6.07, 6.45) is 3.85. The largest absolute Gasteiger partial charge is 0.377 e. The molecular formula is C14H21NO. The van der Waals surface area contributed by atoms with Crippen molar-refractivity contribution in [1.29, 1.82) is 0 Å². The van der Waals surface area contributed by atoms with Crippen molar-refractivity contribution in [1.82, 2.24) is 5.32 Å². The molecule has 1 saturated heterocycles. The Bertz CT molecular complexity index is 314. The summed E-state index contributed by atoms with van der Waals surface area (Å²) in [7, 11) is 2.03. The van der Waals surface area contributed by atoms with Crippen molar-refractivity contribution >= 4 is 0 Å². The third-order valence-corrected chi connectivity index (χ3v) is 3.36. The molecule has 0 aromatic heterocycles. The number of aryl methyl sites for hydroxylation is 1. The standard InChI is InChI=1S/C14H21NO/c1-11-5-7-12(8-6-11)10-13(15-2)14-4-3-9-16-14/h5-8,13-15H,3-4,9-10H2,1-2H3/t13-,14-/m1/s1. The number of rotatable bonds is 4. The van der Waals surface area contributed by atoms with E-state index < -0.39 is 0 Å². The summed E-state index contributed by atoms with van der Waals surface area (Å²) in [4.78, 5) is 0. The molecule has 16 heavy (non-hydrogen) atoms. The van der Waals surface area contributed by atoms with Crippen LogP contribution in [0, 0.1) is 6.92 Å². The molecule has 1 fully saturated rings. The number of hydrogen-bond donors (Lipinski definition) is 1. The molecule has 0 aliphatic carbocycles. The minimum absolute atomic E-state index is 0.395. The number of ether oxygens (including phenoxy) is 1. The summed E-state index contributed by atoms with van der Waals surface area (Å²) in [5.41, 5.74) is 2.71. The van der Waals surface area contributed by atoms with Gasteiger partial charge in [0.15, 0.2) is 0 Å². The van der Waals surface area contributed by atoms with Crippen LogP contribution in [0.2, 0.25) is 0 Å². The van der Waals surface area contributed by atoms with Crippen LogP contribution in [0.1, 0.15) is 24.0 Å². The zero-order valence-electron chi connectivity index (χ0n) is 10.2. The average molecular weight is 219 g/mol. The van der Waals surface area contributed by atoms with Gasteiger partial charge in [-0.2, -0.15) is 0 Å². The van der Waals surface area contributed by atoms with E-state index in [2.05, 4.69) is 36.5 Å². The van der Waals surface area contributed by atoms with Gasteiger partial charge >= 0.3 is 0 Å². The predicted octanol–water partition coefficient (Wildman–Crippen LogP) is 2.30. The Hall–Kier alpha value is -0.860. The molecule has 2 atom stereocenters. The second-order valence-corrected chi connectivity index (χ2v) is 4.64. The van der Waals surface area contributed by atoms with Crippen LogP contribution in [-0.2, 0) is 11.2 Å². The lowest BCUT2D eigenvalue weighted by Crippen LogP contribution is -2.39. The lowest BCUT2D eigenvalue weighted by atomic mass is 9.99. The van der Waals surface area contributed by atoms with Crippen molar-refractivity contribution in [2.75, 3.05) is 13.7 Å².